The van der Waals surface area contributed by atoms with Crippen LogP contribution in [0.2, 0.25) is 0 Å². The van der Waals surface area contributed by atoms with Crippen LogP contribution in [0.3, 0.4) is 0 Å². The molecule has 5 heteroatoms. The first-order valence-corrected chi connectivity index (χ1v) is 4.41. The van der Waals surface area contributed by atoms with Crippen molar-refractivity contribution in [1.29, 1.82) is 5.26 Å². The van der Waals surface area contributed by atoms with Crippen LogP contribution in [0.15, 0.2) is 18.3 Å². The summed E-state index contributed by atoms with van der Waals surface area (Å²) in [6, 6.07) is 5.06. The summed E-state index contributed by atoms with van der Waals surface area (Å²) < 4.78 is 9.75. The van der Waals surface area contributed by atoms with E-state index in [2.05, 4.69) is 9.72 Å². The first-order chi connectivity index (χ1) is 7.27. The van der Waals surface area contributed by atoms with Gasteiger partial charge in [-0.05, 0) is 19.1 Å². The number of nitriles is 1. The molecule has 1 rings (SSSR count). The van der Waals surface area contributed by atoms with E-state index in [1.165, 1.54) is 6.20 Å². The molecule has 78 valence electrons. The van der Waals surface area contributed by atoms with Gasteiger partial charge in [-0.15, -0.1) is 0 Å². The Labute approximate surface area is 87.3 Å². The third-order valence-electron chi connectivity index (χ3n) is 1.53. The Morgan fingerprint density at radius 3 is 3.13 bits per heavy atom. The van der Waals surface area contributed by atoms with Crippen LogP contribution >= 0.6 is 0 Å². The summed E-state index contributed by atoms with van der Waals surface area (Å²) in [5.74, 6) is -0.182. The van der Waals surface area contributed by atoms with E-state index < -0.39 is 5.97 Å². The van der Waals surface area contributed by atoms with Crippen LogP contribution in [-0.4, -0.2) is 24.2 Å². The van der Waals surface area contributed by atoms with Gasteiger partial charge in [0.15, 0.2) is 18.1 Å². The van der Waals surface area contributed by atoms with Gasteiger partial charge >= 0.3 is 5.97 Å². The zero-order chi connectivity index (χ0) is 11.1. The molecule has 1 aromatic heterocycles. The van der Waals surface area contributed by atoms with Crippen LogP contribution in [0.1, 0.15) is 12.6 Å². The van der Waals surface area contributed by atoms with Gasteiger partial charge in [-0.1, -0.05) is 0 Å². The summed E-state index contributed by atoms with van der Waals surface area (Å²) in [7, 11) is 0. The lowest BCUT2D eigenvalue weighted by Gasteiger charge is -2.05. The lowest BCUT2D eigenvalue weighted by molar-refractivity contribution is -0.145. The highest BCUT2D eigenvalue weighted by atomic mass is 16.6. The van der Waals surface area contributed by atoms with E-state index in [9.17, 15) is 4.79 Å². The fourth-order valence-corrected chi connectivity index (χ4v) is 0.930. The van der Waals surface area contributed by atoms with Crippen molar-refractivity contribution < 1.29 is 14.3 Å². The van der Waals surface area contributed by atoms with Crippen LogP contribution in [0.4, 0.5) is 0 Å². The van der Waals surface area contributed by atoms with Gasteiger partial charge in [0.1, 0.15) is 6.07 Å². The average molecular weight is 206 g/mol. The lowest BCUT2D eigenvalue weighted by atomic mass is 10.3. The molecule has 0 saturated heterocycles. The summed E-state index contributed by atoms with van der Waals surface area (Å²) in [6.07, 6.45) is 1.48. The predicted molar refractivity (Wildman–Crippen MR) is 51.1 cm³/mol. The van der Waals surface area contributed by atoms with Crippen LogP contribution < -0.4 is 4.74 Å². The second kappa shape index (κ2) is 5.60. The van der Waals surface area contributed by atoms with Crippen molar-refractivity contribution in [1.82, 2.24) is 4.98 Å². The smallest absolute Gasteiger partial charge is 0.344 e. The minimum atomic E-state index is -0.467. The molecule has 1 aromatic rings. The number of aromatic nitrogens is 1. The Hall–Kier alpha value is -2.09. The van der Waals surface area contributed by atoms with E-state index in [4.69, 9.17) is 10.00 Å². The standard InChI is InChI=1S/C10H10N2O3/c1-2-14-10(13)7-15-9-4-3-5-12-8(9)6-11/h3-5H,2,7H2,1H3. The molecule has 0 N–H and O–H groups in total. The number of pyridine rings is 1. The highest BCUT2D eigenvalue weighted by Gasteiger charge is 2.07. The van der Waals surface area contributed by atoms with Crippen molar-refractivity contribution in [3.8, 4) is 11.8 Å². The number of hydrogen-bond donors (Lipinski definition) is 0. The average Bonchev–Trinajstić information content (AvgIpc) is 2.27. The molecule has 0 aliphatic heterocycles. The zero-order valence-corrected chi connectivity index (χ0v) is 8.27. The van der Waals surface area contributed by atoms with Gasteiger partial charge in [-0.25, -0.2) is 9.78 Å². The van der Waals surface area contributed by atoms with Crippen molar-refractivity contribution in [2.75, 3.05) is 13.2 Å². The van der Waals surface area contributed by atoms with E-state index >= 15 is 0 Å². The molecular weight excluding hydrogens is 196 g/mol. The van der Waals surface area contributed by atoms with Crippen molar-refractivity contribution in [2.24, 2.45) is 0 Å². The number of esters is 1. The molecule has 0 saturated carbocycles. The van der Waals surface area contributed by atoms with Gasteiger partial charge in [0.25, 0.3) is 0 Å². The third-order valence-corrected chi connectivity index (χ3v) is 1.53. The summed E-state index contributed by atoms with van der Waals surface area (Å²) in [5, 5.41) is 8.68. The molecule has 0 atom stereocenters. The van der Waals surface area contributed by atoms with Gasteiger partial charge in [0, 0.05) is 6.20 Å². The number of hydrogen-bond acceptors (Lipinski definition) is 5. The molecule has 0 spiro atoms. The summed E-state index contributed by atoms with van der Waals surface area (Å²) in [4.78, 5) is 14.7. The van der Waals surface area contributed by atoms with E-state index in [0.29, 0.717) is 6.61 Å². The normalized spacial score (nSPS) is 9.07. The summed E-state index contributed by atoms with van der Waals surface area (Å²) in [6.45, 7) is 1.80. The van der Waals surface area contributed by atoms with Gasteiger partial charge < -0.3 is 9.47 Å². The molecule has 0 bridgehead atoms. The molecule has 0 aliphatic carbocycles. The predicted octanol–water partition coefficient (Wildman–Crippen LogP) is 0.895. The molecule has 0 unspecified atom stereocenters. The Morgan fingerprint density at radius 1 is 1.67 bits per heavy atom. The minimum absolute atomic E-state index is 0.154. The second-order valence-electron chi connectivity index (χ2n) is 2.56. The number of ether oxygens (including phenoxy) is 2. The molecule has 0 amide bonds. The van der Waals surface area contributed by atoms with Crippen LogP contribution in [0.5, 0.6) is 5.75 Å². The van der Waals surface area contributed by atoms with Gasteiger partial charge in [0.2, 0.25) is 0 Å². The highest BCUT2D eigenvalue weighted by molar-refractivity contribution is 5.71. The SMILES string of the molecule is CCOC(=O)COc1cccnc1C#N. The van der Waals surface area contributed by atoms with Gasteiger partial charge in [-0.2, -0.15) is 5.26 Å². The first-order valence-electron chi connectivity index (χ1n) is 4.41. The van der Waals surface area contributed by atoms with Crippen LogP contribution in [0, 0.1) is 11.3 Å². The maximum absolute atomic E-state index is 11.0. The van der Waals surface area contributed by atoms with Crippen molar-refractivity contribution in [2.45, 2.75) is 6.92 Å². The third kappa shape index (κ3) is 3.27. The molecule has 0 fully saturated rings. The largest absolute Gasteiger partial charge is 0.479 e. The van der Waals surface area contributed by atoms with Gasteiger partial charge in [0.05, 0.1) is 6.61 Å². The van der Waals surface area contributed by atoms with Crippen molar-refractivity contribution >= 4 is 5.97 Å². The molecule has 0 aromatic carbocycles. The molecule has 15 heavy (non-hydrogen) atoms. The summed E-state index contributed by atoms with van der Waals surface area (Å²) >= 11 is 0. The quantitative estimate of drug-likeness (QED) is 0.684. The molecule has 0 aliphatic rings. The van der Waals surface area contributed by atoms with E-state index in [1.807, 2.05) is 6.07 Å². The Kier molecular flexibility index (Phi) is 4.10. The second-order valence-corrected chi connectivity index (χ2v) is 2.56. The van der Waals surface area contributed by atoms with Crippen molar-refractivity contribution in [3.63, 3.8) is 0 Å². The molecule has 5 nitrogen and oxygen atoms in total. The van der Waals surface area contributed by atoms with Crippen molar-refractivity contribution in [3.05, 3.63) is 24.0 Å². The van der Waals surface area contributed by atoms with Crippen LogP contribution in [-0.2, 0) is 9.53 Å². The van der Waals surface area contributed by atoms with Crippen LogP contribution in [0.25, 0.3) is 0 Å². The fraction of sp³-hybridized carbons (Fsp3) is 0.300. The minimum Gasteiger partial charge on any atom is -0.479 e. The molecule has 1 heterocycles. The Bertz CT molecular complexity index is 384. The van der Waals surface area contributed by atoms with E-state index in [-0.39, 0.29) is 18.1 Å². The zero-order valence-electron chi connectivity index (χ0n) is 8.27. The first kappa shape index (κ1) is 11.0. The molecular formula is C10H10N2O3. The van der Waals surface area contributed by atoms with E-state index in [1.54, 1.807) is 19.1 Å². The number of nitrogens with zero attached hydrogens (tertiary/aromatic N) is 2. The highest BCUT2D eigenvalue weighted by Crippen LogP contribution is 2.13. The monoisotopic (exact) mass is 206 g/mol. The summed E-state index contributed by atoms with van der Waals surface area (Å²) in [5.41, 5.74) is 0.154. The fourth-order valence-electron chi connectivity index (χ4n) is 0.930. The van der Waals surface area contributed by atoms with E-state index in [0.717, 1.165) is 0 Å². The van der Waals surface area contributed by atoms with Gasteiger partial charge in [-0.3, -0.25) is 0 Å². The Balaban J connectivity index is 2.58. The Morgan fingerprint density at radius 2 is 2.47 bits per heavy atom. The topological polar surface area (TPSA) is 72.2 Å². The number of carbonyl (C=O) groups is 1. The molecule has 0 radical (unpaired) electrons. The lowest BCUT2D eigenvalue weighted by Crippen LogP contribution is -2.15. The maximum Gasteiger partial charge on any atom is 0.344 e. The number of rotatable bonds is 4. The number of carbonyl (C=O) groups excluding carboxylic acids is 1. The maximum atomic E-state index is 11.0.